The van der Waals surface area contributed by atoms with E-state index < -0.39 is 31.7 Å². The van der Waals surface area contributed by atoms with Crippen LogP contribution in [0.4, 0.5) is 4.39 Å². The molecule has 3 aromatic rings. The van der Waals surface area contributed by atoms with Gasteiger partial charge < -0.3 is 10.00 Å². The average Bonchev–Trinajstić information content (AvgIpc) is 2.65. The van der Waals surface area contributed by atoms with Crippen LogP contribution in [0.15, 0.2) is 54.6 Å². The van der Waals surface area contributed by atoms with E-state index in [1.165, 1.54) is 12.1 Å². The SMILES string of the molecule is Cc1cc2ccccc2c(-c2ccc(F)cc2)c1CCP(=O)(O)CC(=O)CC(=O)O. The summed E-state index contributed by atoms with van der Waals surface area (Å²) in [4.78, 5) is 32.6. The molecule has 0 radical (unpaired) electrons. The van der Waals surface area contributed by atoms with Crippen LogP contribution < -0.4 is 0 Å². The predicted octanol–water partition coefficient (Wildman–Crippen LogP) is 4.81. The Hall–Kier alpha value is -2.82. The van der Waals surface area contributed by atoms with Gasteiger partial charge in [0.1, 0.15) is 12.2 Å². The van der Waals surface area contributed by atoms with Gasteiger partial charge in [-0.1, -0.05) is 42.5 Å². The fourth-order valence-electron chi connectivity index (χ4n) is 3.66. The lowest BCUT2D eigenvalue weighted by molar-refractivity contribution is -0.139. The van der Waals surface area contributed by atoms with E-state index in [-0.39, 0.29) is 18.4 Å². The second-order valence-corrected chi connectivity index (χ2v) is 9.82. The topological polar surface area (TPSA) is 91.7 Å². The van der Waals surface area contributed by atoms with E-state index in [4.69, 9.17) is 5.11 Å². The van der Waals surface area contributed by atoms with Gasteiger partial charge in [-0.05, 0) is 58.5 Å². The first kappa shape index (κ1) is 21.9. The third-order valence-corrected chi connectivity index (χ3v) is 6.77. The number of hydrogen-bond donors (Lipinski definition) is 2. The molecule has 0 aliphatic rings. The number of fused-ring (bicyclic) bond motifs is 1. The molecule has 3 aromatic carbocycles. The fraction of sp³-hybridized carbons (Fsp3) is 0.217. The van der Waals surface area contributed by atoms with Gasteiger partial charge in [0, 0.05) is 6.16 Å². The van der Waals surface area contributed by atoms with Crippen LogP contribution in [0.25, 0.3) is 21.9 Å². The second-order valence-electron chi connectivity index (χ2n) is 7.36. The molecule has 2 N–H and O–H groups in total. The van der Waals surface area contributed by atoms with Crippen LogP contribution in [-0.2, 0) is 20.6 Å². The number of carboxylic acids is 1. The number of Topliss-reactive ketones (excluding diaryl/α,β-unsaturated/α-hetero) is 1. The average molecular weight is 428 g/mol. The fourth-order valence-corrected chi connectivity index (χ4v) is 5.06. The van der Waals surface area contributed by atoms with Gasteiger partial charge in [-0.3, -0.25) is 14.2 Å². The van der Waals surface area contributed by atoms with Crippen molar-refractivity contribution in [3.05, 3.63) is 71.5 Å². The highest BCUT2D eigenvalue weighted by Crippen LogP contribution is 2.43. The number of carbonyl (C=O) groups is 2. The van der Waals surface area contributed by atoms with Crippen molar-refractivity contribution in [3.8, 4) is 11.1 Å². The molecule has 7 heteroatoms. The second kappa shape index (κ2) is 8.90. The molecule has 0 saturated carbocycles. The molecule has 0 aliphatic carbocycles. The van der Waals surface area contributed by atoms with E-state index in [1.807, 2.05) is 37.3 Å². The predicted molar refractivity (Wildman–Crippen MR) is 115 cm³/mol. The van der Waals surface area contributed by atoms with Crippen LogP contribution in [0.5, 0.6) is 0 Å². The maximum atomic E-state index is 13.5. The molecule has 0 aromatic heterocycles. The Balaban J connectivity index is 1.99. The molecule has 0 spiro atoms. The van der Waals surface area contributed by atoms with Crippen LogP contribution in [0, 0.1) is 12.7 Å². The highest BCUT2D eigenvalue weighted by atomic mass is 31.2. The Morgan fingerprint density at radius 3 is 2.40 bits per heavy atom. The molecule has 0 bridgehead atoms. The smallest absolute Gasteiger partial charge is 0.310 e. The minimum atomic E-state index is -3.84. The molecule has 0 heterocycles. The first-order valence-corrected chi connectivity index (χ1v) is 11.5. The Morgan fingerprint density at radius 2 is 1.73 bits per heavy atom. The van der Waals surface area contributed by atoms with E-state index in [1.54, 1.807) is 12.1 Å². The molecular formula is C23H22FO5P. The van der Waals surface area contributed by atoms with Crippen LogP contribution in [0.1, 0.15) is 17.5 Å². The molecule has 0 aliphatic heterocycles. The number of aryl methyl sites for hydroxylation is 1. The summed E-state index contributed by atoms with van der Waals surface area (Å²) in [5.41, 5.74) is 3.42. The zero-order chi connectivity index (χ0) is 21.9. The van der Waals surface area contributed by atoms with Crippen molar-refractivity contribution in [2.24, 2.45) is 0 Å². The molecule has 1 atom stereocenters. The minimum Gasteiger partial charge on any atom is -0.481 e. The third kappa shape index (κ3) is 5.21. The maximum absolute atomic E-state index is 13.5. The third-order valence-electron chi connectivity index (χ3n) is 5.00. The zero-order valence-electron chi connectivity index (χ0n) is 16.5. The summed E-state index contributed by atoms with van der Waals surface area (Å²) in [6.07, 6.45) is -1.33. The van der Waals surface area contributed by atoms with Gasteiger partial charge in [0.2, 0.25) is 7.37 Å². The molecule has 5 nitrogen and oxygen atoms in total. The van der Waals surface area contributed by atoms with E-state index in [0.717, 1.165) is 33.0 Å². The summed E-state index contributed by atoms with van der Waals surface area (Å²) in [6, 6.07) is 15.8. The Bertz CT molecular complexity index is 1150. The van der Waals surface area contributed by atoms with Gasteiger partial charge in [-0.2, -0.15) is 0 Å². The summed E-state index contributed by atoms with van der Waals surface area (Å²) in [6.45, 7) is 1.91. The molecule has 30 heavy (non-hydrogen) atoms. The lowest BCUT2D eigenvalue weighted by atomic mass is 9.89. The van der Waals surface area contributed by atoms with Gasteiger partial charge in [0.05, 0.1) is 6.16 Å². The summed E-state index contributed by atoms with van der Waals surface area (Å²) >= 11 is 0. The Morgan fingerprint density at radius 1 is 1.07 bits per heavy atom. The summed E-state index contributed by atoms with van der Waals surface area (Å²) in [7, 11) is -3.84. The van der Waals surface area contributed by atoms with Gasteiger partial charge in [0.15, 0.2) is 5.78 Å². The van der Waals surface area contributed by atoms with Crippen molar-refractivity contribution in [3.63, 3.8) is 0 Å². The van der Waals surface area contributed by atoms with Crippen LogP contribution >= 0.6 is 7.37 Å². The molecular weight excluding hydrogens is 406 g/mol. The maximum Gasteiger partial charge on any atom is 0.310 e. The first-order valence-electron chi connectivity index (χ1n) is 9.48. The number of ketones is 1. The van der Waals surface area contributed by atoms with E-state index in [0.29, 0.717) is 0 Å². The number of aliphatic carboxylic acids is 1. The molecule has 1 unspecified atom stereocenters. The van der Waals surface area contributed by atoms with E-state index >= 15 is 0 Å². The van der Waals surface area contributed by atoms with Crippen molar-refractivity contribution in [2.75, 3.05) is 12.3 Å². The molecule has 0 saturated heterocycles. The molecule has 156 valence electrons. The largest absolute Gasteiger partial charge is 0.481 e. The van der Waals surface area contributed by atoms with Gasteiger partial charge in [0.25, 0.3) is 0 Å². The summed E-state index contributed by atoms with van der Waals surface area (Å²) in [5.74, 6) is -2.43. The number of carboxylic acid groups (broad SMARTS) is 1. The van der Waals surface area contributed by atoms with Crippen LogP contribution in [0.3, 0.4) is 0 Å². The van der Waals surface area contributed by atoms with Crippen molar-refractivity contribution in [1.29, 1.82) is 0 Å². The number of halogens is 1. The standard InChI is InChI=1S/C23H22FO5P/c1-15-12-17-4-2-3-5-21(17)23(16-6-8-18(24)9-7-16)20(15)10-11-30(28,29)14-19(25)13-22(26)27/h2-9,12H,10-11,13-14H2,1H3,(H,26,27)(H,28,29). The first-order chi connectivity index (χ1) is 14.2. The van der Waals surface area contributed by atoms with E-state index in [2.05, 4.69) is 0 Å². The van der Waals surface area contributed by atoms with Gasteiger partial charge >= 0.3 is 5.97 Å². The summed E-state index contributed by atoms with van der Waals surface area (Å²) in [5, 5.41) is 10.6. The lowest BCUT2D eigenvalue weighted by Crippen LogP contribution is -2.13. The van der Waals surface area contributed by atoms with E-state index in [9.17, 15) is 23.4 Å². The number of hydrogen-bond acceptors (Lipinski definition) is 3. The van der Waals surface area contributed by atoms with Gasteiger partial charge in [-0.15, -0.1) is 0 Å². The van der Waals surface area contributed by atoms with Crippen LogP contribution in [0.2, 0.25) is 0 Å². The number of carbonyl (C=O) groups excluding carboxylic acids is 1. The lowest BCUT2D eigenvalue weighted by Gasteiger charge is -2.18. The quantitative estimate of drug-likeness (QED) is 0.397. The van der Waals surface area contributed by atoms with Gasteiger partial charge in [-0.25, -0.2) is 4.39 Å². The minimum absolute atomic E-state index is 0.147. The highest BCUT2D eigenvalue weighted by Gasteiger charge is 2.25. The van der Waals surface area contributed by atoms with Crippen molar-refractivity contribution in [1.82, 2.24) is 0 Å². The Labute approximate surface area is 173 Å². The molecule has 3 rings (SSSR count). The number of benzene rings is 3. The van der Waals surface area contributed by atoms with Crippen LogP contribution in [-0.4, -0.2) is 34.1 Å². The van der Waals surface area contributed by atoms with Crippen molar-refractivity contribution in [2.45, 2.75) is 19.8 Å². The highest BCUT2D eigenvalue weighted by molar-refractivity contribution is 7.59. The zero-order valence-corrected chi connectivity index (χ0v) is 17.4. The monoisotopic (exact) mass is 428 g/mol. The molecule has 0 fully saturated rings. The Kier molecular flexibility index (Phi) is 6.49. The normalized spacial score (nSPS) is 13.2. The van der Waals surface area contributed by atoms with Crippen molar-refractivity contribution >= 4 is 29.9 Å². The number of rotatable bonds is 8. The summed E-state index contributed by atoms with van der Waals surface area (Å²) < 4.78 is 26.0. The van der Waals surface area contributed by atoms with Crippen molar-refractivity contribution < 1.29 is 28.5 Å². The molecule has 0 amide bonds.